The van der Waals surface area contributed by atoms with E-state index in [1.807, 2.05) is 0 Å². The molecule has 0 spiro atoms. The monoisotopic (exact) mass is 808 g/mol. The van der Waals surface area contributed by atoms with Crippen LogP contribution in [0, 0.1) is 20.2 Å². The number of nitrogens with one attached hydrogen (secondary N) is 12. The smallest absolute Gasteiger partial charge is 0.319 e. The Morgan fingerprint density at radius 1 is 0.448 bits per heavy atom. The maximum absolute atomic E-state index is 12.9. The number of amides is 8. The third-order valence-corrected chi connectivity index (χ3v) is 10.7. The number of carbonyl (C=O) groups is 4. The van der Waals surface area contributed by atoms with E-state index in [2.05, 4.69) is 73.6 Å². The quantitative estimate of drug-likeness (QED) is 0.144. The Hall–Kier alpha value is -5.92. The minimum absolute atomic E-state index is 0.119. The van der Waals surface area contributed by atoms with Crippen LogP contribution in [0.25, 0.3) is 0 Å². The van der Waals surface area contributed by atoms with Gasteiger partial charge in [-0.1, -0.05) is 0 Å². The van der Waals surface area contributed by atoms with Crippen molar-refractivity contribution in [3.8, 4) is 0 Å². The van der Waals surface area contributed by atoms with Crippen LogP contribution in [0.2, 0.25) is 0 Å². The van der Waals surface area contributed by atoms with Gasteiger partial charge in [-0.05, 0) is 37.8 Å². The summed E-state index contributed by atoms with van der Waals surface area (Å²) in [4.78, 5) is 78.4. The van der Waals surface area contributed by atoms with Crippen molar-refractivity contribution in [3.63, 3.8) is 0 Å². The second-order valence-corrected chi connectivity index (χ2v) is 14.9. The normalized spacial score (nSPS) is 27.9. The van der Waals surface area contributed by atoms with Crippen molar-refractivity contribution >= 4 is 58.2 Å². The molecule has 4 fully saturated rings. The van der Waals surface area contributed by atoms with Gasteiger partial charge in [0.2, 0.25) is 0 Å². The molecule has 5 heterocycles. The van der Waals surface area contributed by atoms with Crippen LogP contribution in [-0.4, -0.2) is 133 Å². The minimum Gasteiger partial charge on any atom is -0.336 e. The molecule has 0 saturated carbocycles. The van der Waals surface area contributed by atoms with Crippen molar-refractivity contribution in [1.82, 2.24) is 52.3 Å². The van der Waals surface area contributed by atoms with Crippen molar-refractivity contribution in [2.24, 2.45) is 0 Å². The second-order valence-electron chi connectivity index (χ2n) is 14.9. The zero-order chi connectivity index (χ0) is 40.8. The average molecular weight is 809 g/mol. The van der Waals surface area contributed by atoms with Gasteiger partial charge in [0.15, 0.2) is 0 Å². The van der Waals surface area contributed by atoms with Crippen molar-refractivity contribution in [2.45, 2.75) is 62.4 Å². The number of fused-ring (bicyclic) bond motifs is 8. The molecule has 10 bridgehead atoms. The van der Waals surface area contributed by atoms with Crippen molar-refractivity contribution in [3.05, 3.63) is 56.6 Å². The van der Waals surface area contributed by atoms with Gasteiger partial charge in [-0.3, -0.25) is 51.3 Å². The van der Waals surface area contributed by atoms with E-state index in [9.17, 15) is 39.4 Å². The molecule has 24 heteroatoms. The molecule has 24 nitrogen and oxygen atoms in total. The molecule has 0 radical (unpaired) electrons. The summed E-state index contributed by atoms with van der Waals surface area (Å²) in [6.45, 7) is 3.97. The molecule has 0 aromatic heterocycles. The van der Waals surface area contributed by atoms with Crippen molar-refractivity contribution < 1.29 is 29.0 Å². The summed E-state index contributed by atoms with van der Waals surface area (Å²) >= 11 is 0. The molecule has 0 aliphatic carbocycles. The highest BCUT2D eigenvalue weighted by atomic mass is 16.6. The molecule has 2 aromatic carbocycles. The van der Waals surface area contributed by atoms with E-state index >= 15 is 0 Å². The van der Waals surface area contributed by atoms with Gasteiger partial charge < -0.3 is 42.5 Å². The molecule has 5 aliphatic heterocycles. The lowest BCUT2D eigenvalue weighted by molar-refractivity contribution is -0.384. The first-order valence-corrected chi connectivity index (χ1v) is 19.2. The van der Waals surface area contributed by atoms with Crippen molar-refractivity contribution in [1.29, 1.82) is 0 Å². The first-order valence-electron chi connectivity index (χ1n) is 19.2. The zero-order valence-electron chi connectivity index (χ0n) is 31.5. The van der Waals surface area contributed by atoms with Crippen LogP contribution in [0.4, 0.5) is 53.3 Å². The number of nitro groups is 2. The van der Waals surface area contributed by atoms with Gasteiger partial charge in [0, 0.05) is 101 Å². The Kier molecular flexibility index (Phi) is 12.6. The van der Waals surface area contributed by atoms with Crippen LogP contribution in [0.3, 0.4) is 0 Å². The Bertz CT molecular complexity index is 1660. The van der Waals surface area contributed by atoms with E-state index in [0.717, 1.165) is 51.9 Å². The third kappa shape index (κ3) is 10.7. The van der Waals surface area contributed by atoms with Crippen LogP contribution < -0.4 is 63.8 Å². The molecule has 7 rings (SSSR count). The maximum Gasteiger partial charge on any atom is 0.319 e. The number of carbonyl (C=O) groups excluding carboxylic acids is 4. The highest BCUT2D eigenvalue weighted by Gasteiger charge is 2.35. The van der Waals surface area contributed by atoms with E-state index in [4.69, 9.17) is 0 Å². The molecule has 312 valence electrons. The number of hydrogen-bond donors (Lipinski definition) is 12. The van der Waals surface area contributed by atoms with Crippen LogP contribution in [0.1, 0.15) is 25.7 Å². The van der Waals surface area contributed by atoms with Gasteiger partial charge >= 0.3 is 24.1 Å². The number of non-ortho nitro benzene ring substituents is 2. The Morgan fingerprint density at radius 3 is 0.948 bits per heavy atom. The fourth-order valence-corrected chi connectivity index (χ4v) is 7.70. The van der Waals surface area contributed by atoms with Gasteiger partial charge in [-0.2, -0.15) is 0 Å². The van der Waals surface area contributed by atoms with E-state index < -0.39 is 34.0 Å². The molecule has 12 N–H and O–H groups in total. The molecule has 0 unspecified atom stereocenters. The lowest BCUT2D eigenvalue weighted by atomic mass is 10.1. The molecule has 2 aromatic rings. The number of hydrogen-bond acceptors (Lipinski definition) is 14. The zero-order valence-corrected chi connectivity index (χ0v) is 31.5. The SMILES string of the molecule is O=C1NC[C@@H]2CCN3CC[C@@H](CNC(=O)Nc4cc(cc([N+](=O)[O-])c4)NC(=O)NC[C@@H]4CCN5CC[C@@H](CNC(=O)Nc6cc(cc([N+](=O)[O-])c6)N1)NC5N4)NC3N2. The lowest BCUT2D eigenvalue weighted by Gasteiger charge is -2.46. The fourth-order valence-electron chi connectivity index (χ4n) is 7.70. The number of urea groups is 4. The van der Waals surface area contributed by atoms with Gasteiger partial charge in [-0.25, -0.2) is 19.2 Å². The van der Waals surface area contributed by atoms with Gasteiger partial charge in [0.05, 0.1) is 32.6 Å². The molecular formula is C34H48N16O8. The first-order chi connectivity index (χ1) is 27.9. The summed E-state index contributed by atoms with van der Waals surface area (Å²) in [7, 11) is 0. The predicted molar refractivity (Wildman–Crippen MR) is 211 cm³/mol. The molecule has 5 aliphatic rings. The largest absolute Gasteiger partial charge is 0.336 e. The number of nitrogens with zero attached hydrogens (tertiary/aromatic N) is 4. The van der Waals surface area contributed by atoms with Gasteiger partial charge in [-0.15, -0.1) is 0 Å². The van der Waals surface area contributed by atoms with Crippen LogP contribution in [-0.2, 0) is 0 Å². The third-order valence-electron chi connectivity index (χ3n) is 10.7. The summed E-state index contributed by atoms with van der Waals surface area (Å²) in [5.74, 6) is 0. The highest BCUT2D eigenvalue weighted by molar-refractivity contribution is 5.94. The standard InChI is InChI=1S/C34H48N16O8/c51-31-35-15-19-1-5-47-6-2-20(40-29(47)39-19)16-36-32(52)45-25-10-26(14-28(13-25)50(57)58)46-34(54)38-18-22-4-8-48-7-3-21(41-30(48)42-22)17-37-33(53)44-24-9-23(43-31)11-27(12-24)49(55)56/h9-14,19-22,29-30,39-42H,1-8,15-18H2,(H2,35,43,51)(H2,36,45,52)(H2,37,44,53)(H2,38,46,54)/t19-,20-,21-,22-,29?,30?/m0/s1. The summed E-state index contributed by atoms with van der Waals surface area (Å²) in [6, 6.07) is 4.88. The number of rotatable bonds is 2. The van der Waals surface area contributed by atoms with Crippen LogP contribution >= 0.6 is 0 Å². The molecule has 4 saturated heterocycles. The Labute approximate surface area is 332 Å². The van der Waals surface area contributed by atoms with Gasteiger partial charge in [0.25, 0.3) is 11.4 Å². The summed E-state index contributed by atoms with van der Waals surface area (Å²) in [5, 5.41) is 59.1. The van der Waals surface area contributed by atoms with Gasteiger partial charge in [0.1, 0.15) is 12.6 Å². The predicted octanol–water partition coefficient (Wildman–Crippen LogP) is 0.322. The Balaban J connectivity index is 1.04. The number of benzene rings is 2. The number of nitro benzene ring substituents is 2. The van der Waals surface area contributed by atoms with Crippen molar-refractivity contribution in [2.75, 3.05) is 73.6 Å². The average Bonchev–Trinajstić information content (AvgIpc) is 3.19. The fraction of sp³-hybridized carbons (Fsp3) is 0.529. The van der Waals surface area contributed by atoms with E-state index in [0.29, 0.717) is 0 Å². The highest BCUT2D eigenvalue weighted by Crippen LogP contribution is 2.26. The minimum atomic E-state index is -0.610. The van der Waals surface area contributed by atoms with E-state index in [1.165, 1.54) is 36.4 Å². The van der Waals surface area contributed by atoms with E-state index in [-0.39, 0.29) is 97.1 Å². The lowest BCUT2D eigenvalue weighted by Crippen LogP contribution is -2.69. The van der Waals surface area contributed by atoms with Crippen LogP contribution in [0.15, 0.2) is 36.4 Å². The maximum atomic E-state index is 12.9. The summed E-state index contributed by atoms with van der Waals surface area (Å²) in [6.07, 6.45) is 2.45. The molecule has 4 atom stereocenters. The summed E-state index contributed by atoms with van der Waals surface area (Å²) in [5.41, 5.74) is -0.159. The number of anilines is 4. The first kappa shape index (κ1) is 40.3. The van der Waals surface area contributed by atoms with E-state index in [1.54, 1.807) is 0 Å². The second kappa shape index (κ2) is 18.1. The molecular weight excluding hydrogens is 760 g/mol. The molecule has 8 amide bonds. The topological polar surface area (TPSA) is 305 Å². The summed E-state index contributed by atoms with van der Waals surface area (Å²) < 4.78 is 0. The van der Waals surface area contributed by atoms with Crippen LogP contribution in [0.5, 0.6) is 0 Å². The Morgan fingerprint density at radius 2 is 0.707 bits per heavy atom. The molecule has 58 heavy (non-hydrogen) atoms.